The summed E-state index contributed by atoms with van der Waals surface area (Å²) in [6.45, 7) is -0.316. The van der Waals surface area contributed by atoms with Crippen molar-refractivity contribution in [3.05, 3.63) is 59.1 Å². The number of carbonyl (C=O) groups is 2. The first-order valence-electron chi connectivity index (χ1n) is 8.36. The van der Waals surface area contributed by atoms with E-state index in [9.17, 15) is 9.59 Å². The van der Waals surface area contributed by atoms with Crippen molar-refractivity contribution < 1.29 is 14.3 Å². The van der Waals surface area contributed by atoms with Gasteiger partial charge in [-0.3, -0.25) is 9.59 Å². The molecule has 1 N–H and O–H groups in total. The van der Waals surface area contributed by atoms with Gasteiger partial charge in [0, 0.05) is 22.0 Å². The van der Waals surface area contributed by atoms with Crippen molar-refractivity contribution in [2.75, 3.05) is 17.7 Å². The summed E-state index contributed by atoms with van der Waals surface area (Å²) >= 11 is 7.47. The molecular weight excluding hydrogens is 384 g/mol. The lowest BCUT2D eigenvalue weighted by atomic mass is 10.1. The highest BCUT2D eigenvalue weighted by Crippen LogP contribution is 2.21. The summed E-state index contributed by atoms with van der Waals surface area (Å²) in [6, 6.07) is 16.5. The highest BCUT2D eigenvalue weighted by atomic mass is 35.5. The SMILES string of the molecule is N#CCc1ccc(NC(=O)COC(=O)CCCSc2ccc(Cl)cc2)cc1. The molecule has 0 atom stereocenters. The molecular formula is C20H19ClN2O3S. The monoisotopic (exact) mass is 402 g/mol. The number of amides is 1. The van der Waals surface area contributed by atoms with Gasteiger partial charge in [-0.2, -0.15) is 5.26 Å². The van der Waals surface area contributed by atoms with E-state index in [0.717, 1.165) is 16.2 Å². The number of ether oxygens (including phenoxy) is 1. The molecule has 0 aromatic heterocycles. The summed E-state index contributed by atoms with van der Waals surface area (Å²) in [5, 5.41) is 12.0. The van der Waals surface area contributed by atoms with E-state index in [1.54, 1.807) is 36.0 Å². The van der Waals surface area contributed by atoms with Gasteiger partial charge in [-0.05, 0) is 54.1 Å². The van der Waals surface area contributed by atoms with Crippen LogP contribution in [0.5, 0.6) is 0 Å². The number of hydrogen-bond donors (Lipinski definition) is 1. The number of rotatable bonds is 9. The Morgan fingerprint density at radius 3 is 2.48 bits per heavy atom. The van der Waals surface area contributed by atoms with Crippen molar-refractivity contribution in [1.82, 2.24) is 0 Å². The number of anilines is 1. The molecule has 2 rings (SSSR count). The van der Waals surface area contributed by atoms with E-state index >= 15 is 0 Å². The van der Waals surface area contributed by atoms with Crippen LogP contribution in [-0.2, 0) is 20.7 Å². The molecule has 0 spiro atoms. The number of halogens is 1. The van der Waals surface area contributed by atoms with Crippen molar-refractivity contribution in [3.63, 3.8) is 0 Å². The average molecular weight is 403 g/mol. The minimum atomic E-state index is -0.397. The van der Waals surface area contributed by atoms with Crippen LogP contribution in [0.4, 0.5) is 5.69 Å². The van der Waals surface area contributed by atoms with Crippen LogP contribution in [0.2, 0.25) is 5.02 Å². The quantitative estimate of drug-likeness (QED) is 0.380. The number of benzene rings is 2. The molecule has 0 unspecified atom stereocenters. The molecule has 0 aliphatic rings. The fourth-order valence-electron chi connectivity index (χ4n) is 2.15. The Kier molecular flexibility index (Phi) is 8.69. The Morgan fingerprint density at radius 1 is 1.11 bits per heavy atom. The van der Waals surface area contributed by atoms with E-state index in [2.05, 4.69) is 11.4 Å². The molecule has 0 radical (unpaired) electrons. The van der Waals surface area contributed by atoms with Crippen LogP contribution in [0.1, 0.15) is 18.4 Å². The minimum absolute atomic E-state index is 0.261. The maximum atomic E-state index is 11.8. The van der Waals surface area contributed by atoms with Crippen LogP contribution in [0.3, 0.4) is 0 Å². The van der Waals surface area contributed by atoms with Gasteiger partial charge < -0.3 is 10.1 Å². The molecule has 0 saturated heterocycles. The van der Waals surface area contributed by atoms with Crippen LogP contribution in [-0.4, -0.2) is 24.2 Å². The van der Waals surface area contributed by atoms with Gasteiger partial charge >= 0.3 is 5.97 Å². The van der Waals surface area contributed by atoms with E-state index in [0.29, 0.717) is 23.6 Å². The van der Waals surface area contributed by atoms with Crippen LogP contribution in [0.15, 0.2) is 53.4 Å². The molecule has 5 nitrogen and oxygen atoms in total. The van der Waals surface area contributed by atoms with Crippen molar-refractivity contribution in [3.8, 4) is 6.07 Å². The smallest absolute Gasteiger partial charge is 0.306 e. The lowest BCUT2D eigenvalue weighted by Gasteiger charge is -2.07. The van der Waals surface area contributed by atoms with E-state index in [-0.39, 0.29) is 13.0 Å². The summed E-state index contributed by atoms with van der Waals surface area (Å²) in [5.74, 6) is -0.0176. The van der Waals surface area contributed by atoms with Crippen molar-refractivity contribution >= 4 is 40.9 Å². The Morgan fingerprint density at radius 2 is 1.81 bits per heavy atom. The molecule has 2 aromatic rings. The second-order valence-corrected chi connectivity index (χ2v) is 7.25. The van der Waals surface area contributed by atoms with Gasteiger partial charge in [0.15, 0.2) is 6.61 Å². The average Bonchev–Trinajstić information content (AvgIpc) is 2.67. The number of esters is 1. The minimum Gasteiger partial charge on any atom is -0.456 e. The second kappa shape index (κ2) is 11.3. The molecule has 2 aromatic carbocycles. The molecule has 0 aliphatic carbocycles. The molecule has 0 saturated carbocycles. The van der Waals surface area contributed by atoms with Crippen molar-refractivity contribution in [2.45, 2.75) is 24.2 Å². The number of nitriles is 1. The van der Waals surface area contributed by atoms with Crippen LogP contribution < -0.4 is 5.32 Å². The second-order valence-electron chi connectivity index (χ2n) is 5.65. The Balaban J connectivity index is 1.61. The third-order valence-corrected chi connectivity index (χ3v) is 4.84. The topological polar surface area (TPSA) is 79.2 Å². The van der Waals surface area contributed by atoms with Gasteiger partial charge in [0.2, 0.25) is 0 Å². The lowest BCUT2D eigenvalue weighted by molar-refractivity contribution is -0.147. The Bertz CT molecular complexity index is 801. The van der Waals surface area contributed by atoms with Gasteiger partial charge in [-0.1, -0.05) is 23.7 Å². The Hall–Kier alpha value is -2.49. The largest absolute Gasteiger partial charge is 0.456 e. The predicted octanol–water partition coefficient (Wildman–Crippen LogP) is 4.46. The molecule has 140 valence electrons. The third-order valence-electron chi connectivity index (χ3n) is 3.49. The van der Waals surface area contributed by atoms with E-state index in [1.807, 2.05) is 24.3 Å². The zero-order chi connectivity index (χ0) is 19.5. The summed E-state index contributed by atoms with van der Waals surface area (Å²) in [6.07, 6.45) is 1.24. The van der Waals surface area contributed by atoms with Crippen molar-refractivity contribution in [1.29, 1.82) is 5.26 Å². The van der Waals surface area contributed by atoms with Gasteiger partial charge in [-0.25, -0.2) is 0 Å². The summed E-state index contributed by atoms with van der Waals surface area (Å²) in [5.41, 5.74) is 1.47. The first-order chi connectivity index (χ1) is 13.1. The standard InChI is InChI=1S/C20H19ClN2O3S/c21-16-5-9-18(10-6-16)27-13-1-2-20(25)26-14-19(24)23-17-7-3-15(4-8-17)11-12-22/h3-10H,1-2,11,13-14H2,(H,23,24). The molecule has 0 aliphatic heterocycles. The highest BCUT2D eigenvalue weighted by molar-refractivity contribution is 7.99. The molecule has 0 fully saturated rings. The van der Waals surface area contributed by atoms with Crippen LogP contribution in [0.25, 0.3) is 0 Å². The van der Waals surface area contributed by atoms with Gasteiger partial charge in [-0.15, -0.1) is 11.8 Å². The summed E-state index contributed by atoms with van der Waals surface area (Å²) < 4.78 is 4.99. The number of nitrogens with zero attached hydrogens (tertiary/aromatic N) is 1. The zero-order valence-electron chi connectivity index (χ0n) is 14.6. The molecule has 0 bridgehead atoms. The van der Waals surface area contributed by atoms with E-state index < -0.39 is 11.9 Å². The Labute approximate surface area is 167 Å². The number of carbonyl (C=O) groups excluding carboxylic acids is 2. The molecule has 7 heteroatoms. The normalized spacial score (nSPS) is 10.1. The lowest BCUT2D eigenvalue weighted by Crippen LogP contribution is -2.20. The summed E-state index contributed by atoms with van der Waals surface area (Å²) in [4.78, 5) is 24.6. The third kappa shape index (κ3) is 8.16. The number of nitrogens with one attached hydrogen (secondary N) is 1. The maximum absolute atomic E-state index is 11.8. The fourth-order valence-corrected chi connectivity index (χ4v) is 3.13. The first-order valence-corrected chi connectivity index (χ1v) is 9.73. The first kappa shape index (κ1) is 20.8. The maximum Gasteiger partial charge on any atom is 0.306 e. The van der Waals surface area contributed by atoms with Gasteiger partial charge in [0.05, 0.1) is 12.5 Å². The predicted molar refractivity (Wildman–Crippen MR) is 107 cm³/mol. The fraction of sp³-hybridized carbons (Fsp3) is 0.250. The highest BCUT2D eigenvalue weighted by Gasteiger charge is 2.08. The number of hydrogen-bond acceptors (Lipinski definition) is 5. The van der Waals surface area contributed by atoms with Gasteiger partial charge in [0.25, 0.3) is 5.91 Å². The van der Waals surface area contributed by atoms with E-state index in [1.165, 1.54) is 0 Å². The van der Waals surface area contributed by atoms with Crippen LogP contribution in [0, 0.1) is 11.3 Å². The van der Waals surface area contributed by atoms with Crippen LogP contribution >= 0.6 is 23.4 Å². The van der Waals surface area contributed by atoms with Gasteiger partial charge in [0.1, 0.15) is 0 Å². The number of thioether (sulfide) groups is 1. The molecule has 0 heterocycles. The zero-order valence-corrected chi connectivity index (χ0v) is 16.2. The van der Waals surface area contributed by atoms with E-state index in [4.69, 9.17) is 21.6 Å². The molecule has 1 amide bonds. The molecule has 27 heavy (non-hydrogen) atoms. The van der Waals surface area contributed by atoms with Crippen molar-refractivity contribution in [2.24, 2.45) is 0 Å². The summed E-state index contributed by atoms with van der Waals surface area (Å²) in [7, 11) is 0.